The molecule has 7 nitrogen and oxygen atoms in total. The highest BCUT2D eigenvalue weighted by molar-refractivity contribution is 7.89. The van der Waals surface area contributed by atoms with E-state index in [1.165, 1.54) is 10.4 Å². The van der Waals surface area contributed by atoms with Crippen LogP contribution in [-0.4, -0.2) is 43.3 Å². The van der Waals surface area contributed by atoms with Gasteiger partial charge >= 0.3 is 0 Å². The van der Waals surface area contributed by atoms with E-state index in [1.54, 1.807) is 13.8 Å². The highest BCUT2D eigenvalue weighted by atomic mass is 32.2. The van der Waals surface area contributed by atoms with Crippen molar-refractivity contribution in [2.75, 3.05) is 19.6 Å². The lowest BCUT2D eigenvalue weighted by Crippen LogP contribution is -2.52. The van der Waals surface area contributed by atoms with Crippen LogP contribution in [0.2, 0.25) is 0 Å². The van der Waals surface area contributed by atoms with Crippen LogP contribution >= 0.6 is 0 Å². The maximum atomic E-state index is 12.8. The van der Waals surface area contributed by atoms with Crippen LogP contribution in [0.5, 0.6) is 0 Å². The second kappa shape index (κ2) is 5.70. The van der Waals surface area contributed by atoms with Crippen LogP contribution in [-0.2, 0) is 10.0 Å². The number of non-ortho nitro benzene ring substituents is 1. The molecule has 1 N–H and O–H groups in total. The quantitative estimate of drug-likeness (QED) is 0.668. The number of nitrogens with one attached hydrogen (secondary N) is 1. The van der Waals surface area contributed by atoms with E-state index in [-0.39, 0.29) is 16.6 Å². The van der Waals surface area contributed by atoms with Gasteiger partial charge < -0.3 is 5.32 Å². The van der Waals surface area contributed by atoms with Crippen LogP contribution in [0.3, 0.4) is 0 Å². The first-order chi connectivity index (χ1) is 9.75. The number of rotatable bonds is 3. The molecule has 21 heavy (non-hydrogen) atoms. The van der Waals surface area contributed by atoms with Crippen molar-refractivity contribution in [3.05, 3.63) is 33.4 Å². The number of hydrogen-bond donors (Lipinski definition) is 1. The van der Waals surface area contributed by atoms with Crippen molar-refractivity contribution in [2.24, 2.45) is 0 Å². The molecule has 1 aliphatic heterocycles. The predicted molar refractivity (Wildman–Crippen MR) is 78.8 cm³/mol. The lowest BCUT2D eigenvalue weighted by Gasteiger charge is -2.33. The third-order valence-electron chi connectivity index (χ3n) is 3.84. The van der Waals surface area contributed by atoms with Crippen LogP contribution in [0.4, 0.5) is 5.69 Å². The van der Waals surface area contributed by atoms with Gasteiger partial charge in [0, 0.05) is 37.8 Å². The van der Waals surface area contributed by atoms with E-state index in [2.05, 4.69) is 5.32 Å². The Labute approximate surface area is 124 Å². The summed E-state index contributed by atoms with van der Waals surface area (Å²) in [6.07, 6.45) is 0. The lowest BCUT2D eigenvalue weighted by atomic mass is 10.1. The molecule has 1 saturated heterocycles. The number of hydrogen-bond acceptors (Lipinski definition) is 5. The summed E-state index contributed by atoms with van der Waals surface area (Å²) in [5.41, 5.74) is 0.969. The van der Waals surface area contributed by atoms with Crippen LogP contribution in [0.1, 0.15) is 18.1 Å². The number of nitro groups is 1. The van der Waals surface area contributed by atoms with E-state index < -0.39 is 14.9 Å². The summed E-state index contributed by atoms with van der Waals surface area (Å²) in [6, 6.07) is 2.38. The molecular weight excluding hydrogens is 294 g/mol. The van der Waals surface area contributed by atoms with Gasteiger partial charge in [0.2, 0.25) is 10.0 Å². The van der Waals surface area contributed by atoms with Gasteiger partial charge in [0.1, 0.15) is 0 Å². The Morgan fingerprint density at radius 3 is 2.62 bits per heavy atom. The van der Waals surface area contributed by atoms with Gasteiger partial charge in [-0.3, -0.25) is 10.1 Å². The first-order valence-corrected chi connectivity index (χ1v) is 8.17. The van der Waals surface area contributed by atoms with E-state index in [4.69, 9.17) is 0 Å². The minimum absolute atomic E-state index is 0.0305. The topological polar surface area (TPSA) is 92.5 Å². The molecule has 1 atom stereocenters. The fraction of sp³-hybridized carbons (Fsp3) is 0.538. The molecule has 1 heterocycles. The molecule has 0 radical (unpaired) electrons. The molecule has 1 aliphatic rings. The second-order valence-electron chi connectivity index (χ2n) is 5.31. The molecule has 1 aromatic carbocycles. The molecule has 0 spiro atoms. The number of sulfonamides is 1. The second-order valence-corrected chi connectivity index (χ2v) is 7.17. The largest absolute Gasteiger partial charge is 0.314 e. The molecule has 0 aromatic heterocycles. The molecule has 0 saturated carbocycles. The lowest BCUT2D eigenvalue weighted by molar-refractivity contribution is -0.385. The maximum Gasteiger partial charge on any atom is 0.271 e. The predicted octanol–water partition coefficient (Wildman–Crippen LogP) is 1.19. The van der Waals surface area contributed by atoms with E-state index in [1.807, 2.05) is 6.92 Å². The fourth-order valence-corrected chi connectivity index (χ4v) is 4.44. The number of nitro benzene ring substituents is 1. The summed E-state index contributed by atoms with van der Waals surface area (Å²) in [7, 11) is -3.73. The third-order valence-corrected chi connectivity index (χ3v) is 5.98. The Morgan fingerprint density at radius 2 is 2.05 bits per heavy atom. The van der Waals surface area contributed by atoms with Crippen molar-refractivity contribution < 1.29 is 13.3 Å². The fourth-order valence-electron chi connectivity index (χ4n) is 2.49. The Morgan fingerprint density at radius 1 is 1.38 bits per heavy atom. The highest BCUT2D eigenvalue weighted by Gasteiger charge is 2.33. The molecule has 1 fully saturated rings. The van der Waals surface area contributed by atoms with Crippen molar-refractivity contribution >= 4 is 15.7 Å². The van der Waals surface area contributed by atoms with E-state index in [0.29, 0.717) is 30.8 Å². The summed E-state index contributed by atoms with van der Waals surface area (Å²) in [6.45, 7) is 6.71. The molecule has 0 bridgehead atoms. The Balaban J connectivity index is 2.56. The maximum absolute atomic E-state index is 12.8. The number of benzene rings is 1. The number of aryl methyl sites for hydroxylation is 1. The molecule has 0 unspecified atom stereocenters. The van der Waals surface area contributed by atoms with Gasteiger partial charge in [-0.2, -0.15) is 4.31 Å². The van der Waals surface area contributed by atoms with E-state index in [0.717, 1.165) is 6.07 Å². The normalized spacial score (nSPS) is 20.4. The van der Waals surface area contributed by atoms with Crippen molar-refractivity contribution in [3.63, 3.8) is 0 Å². The van der Waals surface area contributed by atoms with Crippen LogP contribution < -0.4 is 5.32 Å². The minimum Gasteiger partial charge on any atom is -0.314 e. The molecule has 8 heteroatoms. The highest BCUT2D eigenvalue weighted by Crippen LogP contribution is 2.28. The van der Waals surface area contributed by atoms with Gasteiger partial charge in [-0.25, -0.2) is 8.42 Å². The molecular formula is C13H19N3O4S. The molecule has 116 valence electrons. The first-order valence-electron chi connectivity index (χ1n) is 6.73. The summed E-state index contributed by atoms with van der Waals surface area (Å²) in [4.78, 5) is 10.4. The number of piperazine rings is 1. The zero-order valence-electron chi connectivity index (χ0n) is 12.3. The summed E-state index contributed by atoms with van der Waals surface area (Å²) >= 11 is 0. The summed E-state index contributed by atoms with van der Waals surface area (Å²) < 4.78 is 27.1. The van der Waals surface area contributed by atoms with Gasteiger partial charge in [-0.05, 0) is 31.9 Å². The first kappa shape index (κ1) is 15.9. The van der Waals surface area contributed by atoms with E-state index in [9.17, 15) is 18.5 Å². The molecule has 0 amide bonds. The van der Waals surface area contributed by atoms with Crippen LogP contribution in [0, 0.1) is 24.0 Å². The Kier molecular flexibility index (Phi) is 4.31. The van der Waals surface area contributed by atoms with Gasteiger partial charge in [-0.15, -0.1) is 0 Å². The monoisotopic (exact) mass is 313 g/mol. The average molecular weight is 313 g/mol. The van der Waals surface area contributed by atoms with E-state index >= 15 is 0 Å². The third kappa shape index (κ3) is 2.92. The summed E-state index contributed by atoms with van der Waals surface area (Å²) in [5.74, 6) is 0. The van der Waals surface area contributed by atoms with Crippen molar-refractivity contribution in [3.8, 4) is 0 Å². The Bertz CT molecular complexity index is 672. The van der Waals surface area contributed by atoms with Gasteiger partial charge in [0.15, 0.2) is 0 Å². The Hall–Kier alpha value is -1.51. The van der Waals surface area contributed by atoms with Gasteiger partial charge in [0.05, 0.1) is 9.82 Å². The van der Waals surface area contributed by atoms with Crippen LogP contribution in [0.25, 0.3) is 0 Å². The van der Waals surface area contributed by atoms with Crippen molar-refractivity contribution in [2.45, 2.75) is 31.7 Å². The van der Waals surface area contributed by atoms with Crippen LogP contribution in [0.15, 0.2) is 17.0 Å². The minimum atomic E-state index is -3.73. The number of nitrogens with zero attached hydrogens (tertiary/aromatic N) is 2. The average Bonchev–Trinajstić information content (AvgIpc) is 2.41. The zero-order chi connectivity index (χ0) is 15.8. The standard InChI is InChI=1S/C13H19N3O4S/c1-9-6-12(16(17)18)7-13(11(9)3)21(19,20)15-5-4-14-8-10(15)2/h6-7,10,14H,4-5,8H2,1-3H3/t10-/m1/s1. The molecule has 1 aromatic rings. The van der Waals surface area contributed by atoms with Crippen molar-refractivity contribution in [1.29, 1.82) is 0 Å². The SMILES string of the molecule is Cc1cc([N+](=O)[O-])cc(S(=O)(=O)N2CCNC[C@H]2C)c1C. The zero-order valence-corrected chi connectivity index (χ0v) is 13.1. The van der Waals surface area contributed by atoms with Crippen molar-refractivity contribution in [1.82, 2.24) is 9.62 Å². The summed E-state index contributed by atoms with van der Waals surface area (Å²) in [5, 5.41) is 14.1. The van der Waals surface area contributed by atoms with Gasteiger partial charge in [0.25, 0.3) is 5.69 Å². The van der Waals surface area contributed by atoms with Gasteiger partial charge in [-0.1, -0.05) is 0 Å². The molecule has 0 aliphatic carbocycles. The molecule has 2 rings (SSSR count). The smallest absolute Gasteiger partial charge is 0.271 e.